The topological polar surface area (TPSA) is 15.6 Å². The summed E-state index contributed by atoms with van der Waals surface area (Å²) in [6.45, 7) is 3.45. The third kappa shape index (κ3) is 1.68. The number of dihydropyridines is 1. The highest BCUT2D eigenvalue weighted by Crippen LogP contribution is 2.15. The Morgan fingerprint density at radius 1 is 1.17 bits per heavy atom. The molecule has 0 aromatic rings. The largest absolute Gasteiger partial charge is 0.371 e. The van der Waals surface area contributed by atoms with Crippen molar-refractivity contribution in [3.63, 3.8) is 0 Å². The molecule has 0 atom stereocenters. The van der Waals surface area contributed by atoms with E-state index in [0.29, 0.717) is 0 Å². The second kappa shape index (κ2) is 3.74. The third-order valence-corrected chi connectivity index (χ3v) is 2.56. The quantitative estimate of drug-likeness (QED) is 0.577. The van der Waals surface area contributed by atoms with E-state index in [0.717, 1.165) is 13.0 Å². The number of rotatable bonds is 1. The van der Waals surface area contributed by atoms with Crippen LogP contribution >= 0.6 is 0 Å². The first-order chi connectivity index (χ1) is 5.97. The van der Waals surface area contributed by atoms with Crippen molar-refractivity contribution in [3.8, 4) is 0 Å². The van der Waals surface area contributed by atoms with Gasteiger partial charge in [0.1, 0.15) is 0 Å². The number of likely N-dealkylation sites (tertiary alicyclic amines) is 1. The van der Waals surface area contributed by atoms with Crippen LogP contribution in [0, 0.1) is 0 Å². The van der Waals surface area contributed by atoms with Crippen molar-refractivity contribution in [3.05, 3.63) is 11.8 Å². The number of aliphatic imine (C=N–C) groups is 1. The van der Waals surface area contributed by atoms with Crippen molar-refractivity contribution in [2.75, 3.05) is 19.6 Å². The molecule has 2 heteroatoms. The molecule has 2 aliphatic rings. The Kier molecular flexibility index (Phi) is 2.45. The summed E-state index contributed by atoms with van der Waals surface area (Å²) in [5, 5.41) is 0. The number of allylic oxidation sites excluding steroid dienone is 1. The number of hydrogen-bond donors (Lipinski definition) is 0. The van der Waals surface area contributed by atoms with Gasteiger partial charge in [-0.1, -0.05) is 6.08 Å². The molecule has 0 aromatic carbocycles. The molecule has 2 aliphatic heterocycles. The highest BCUT2D eigenvalue weighted by molar-refractivity contribution is 5.78. The van der Waals surface area contributed by atoms with Crippen LogP contribution in [0.3, 0.4) is 0 Å². The molecule has 2 heterocycles. The highest BCUT2D eigenvalue weighted by Gasteiger charge is 2.12. The summed E-state index contributed by atoms with van der Waals surface area (Å²) < 4.78 is 0. The second-order valence-corrected chi connectivity index (χ2v) is 3.50. The van der Waals surface area contributed by atoms with E-state index in [1.807, 2.05) is 6.21 Å². The van der Waals surface area contributed by atoms with Gasteiger partial charge in [0.25, 0.3) is 0 Å². The van der Waals surface area contributed by atoms with Gasteiger partial charge in [0, 0.05) is 25.8 Å². The Labute approximate surface area is 74.0 Å². The van der Waals surface area contributed by atoms with Gasteiger partial charge in [-0.05, 0) is 25.7 Å². The van der Waals surface area contributed by atoms with E-state index >= 15 is 0 Å². The van der Waals surface area contributed by atoms with Gasteiger partial charge in [0.15, 0.2) is 0 Å². The molecule has 2 nitrogen and oxygen atoms in total. The summed E-state index contributed by atoms with van der Waals surface area (Å²) in [4.78, 5) is 6.76. The molecule has 12 heavy (non-hydrogen) atoms. The maximum Gasteiger partial charge on any atom is 0.0507 e. The summed E-state index contributed by atoms with van der Waals surface area (Å²) in [6.07, 6.45) is 9.59. The monoisotopic (exact) mass is 164 g/mol. The van der Waals surface area contributed by atoms with Crippen molar-refractivity contribution >= 4 is 6.21 Å². The van der Waals surface area contributed by atoms with E-state index in [-0.39, 0.29) is 0 Å². The minimum Gasteiger partial charge on any atom is -0.371 e. The van der Waals surface area contributed by atoms with Crippen LogP contribution in [0.15, 0.2) is 16.8 Å². The predicted octanol–water partition coefficient (Wildman–Crippen LogP) is 1.83. The summed E-state index contributed by atoms with van der Waals surface area (Å²) >= 11 is 0. The Morgan fingerprint density at radius 3 is 2.67 bits per heavy atom. The van der Waals surface area contributed by atoms with Gasteiger partial charge in [-0.3, -0.25) is 4.99 Å². The molecule has 0 spiro atoms. The zero-order valence-electron chi connectivity index (χ0n) is 7.50. The van der Waals surface area contributed by atoms with Crippen LogP contribution in [-0.4, -0.2) is 30.7 Å². The smallest absolute Gasteiger partial charge is 0.0507 e. The SMILES string of the molecule is C1=NCCC=C1N1CCCCC1. The standard InChI is InChI=1S/C10H16N2/c1-2-7-12(8-3-1)10-5-4-6-11-9-10/h5,9H,1-4,6-8H2. The average Bonchev–Trinajstić information content (AvgIpc) is 2.21. The number of hydrogen-bond acceptors (Lipinski definition) is 2. The molecule has 0 bridgehead atoms. The minimum atomic E-state index is 0.983. The van der Waals surface area contributed by atoms with Crippen molar-refractivity contribution in [2.24, 2.45) is 4.99 Å². The van der Waals surface area contributed by atoms with Gasteiger partial charge in [-0.25, -0.2) is 0 Å². The Hall–Kier alpha value is -0.790. The van der Waals surface area contributed by atoms with Gasteiger partial charge in [-0.15, -0.1) is 0 Å². The Bertz CT molecular complexity index is 200. The molecule has 1 fully saturated rings. The number of piperidine rings is 1. The van der Waals surface area contributed by atoms with Crippen molar-refractivity contribution in [1.29, 1.82) is 0 Å². The first-order valence-electron chi connectivity index (χ1n) is 4.92. The van der Waals surface area contributed by atoms with E-state index < -0.39 is 0 Å². The summed E-state index contributed by atoms with van der Waals surface area (Å²) in [5.41, 5.74) is 1.36. The third-order valence-electron chi connectivity index (χ3n) is 2.56. The molecular weight excluding hydrogens is 148 g/mol. The molecule has 0 N–H and O–H groups in total. The fourth-order valence-electron chi connectivity index (χ4n) is 1.86. The van der Waals surface area contributed by atoms with Gasteiger partial charge < -0.3 is 4.90 Å². The maximum atomic E-state index is 4.30. The van der Waals surface area contributed by atoms with E-state index in [1.165, 1.54) is 38.0 Å². The van der Waals surface area contributed by atoms with Gasteiger partial charge in [0.05, 0.1) is 5.70 Å². The lowest BCUT2D eigenvalue weighted by Gasteiger charge is -2.30. The number of nitrogens with zero attached hydrogens (tertiary/aromatic N) is 2. The summed E-state index contributed by atoms with van der Waals surface area (Å²) in [6, 6.07) is 0. The predicted molar refractivity (Wildman–Crippen MR) is 51.5 cm³/mol. The van der Waals surface area contributed by atoms with Crippen LogP contribution < -0.4 is 0 Å². The fraction of sp³-hybridized carbons (Fsp3) is 0.700. The van der Waals surface area contributed by atoms with Crippen LogP contribution in [0.5, 0.6) is 0 Å². The van der Waals surface area contributed by atoms with Crippen molar-refractivity contribution < 1.29 is 0 Å². The van der Waals surface area contributed by atoms with Crippen molar-refractivity contribution in [2.45, 2.75) is 25.7 Å². The first kappa shape index (κ1) is 7.84. The molecule has 0 saturated carbocycles. The normalized spacial score (nSPS) is 24.0. The molecule has 2 rings (SSSR count). The zero-order valence-corrected chi connectivity index (χ0v) is 7.50. The van der Waals surface area contributed by atoms with E-state index in [2.05, 4.69) is 16.0 Å². The molecule has 0 amide bonds. The van der Waals surface area contributed by atoms with E-state index in [9.17, 15) is 0 Å². The van der Waals surface area contributed by atoms with E-state index in [4.69, 9.17) is 0 Å². The van der Waals surface area contributed by atoms with Gasteiger partial charge in [-0.2, -0.15) is 0 Å². The van der Waals surface area contributed by atoms with Gasteiger partial charge in [0.2, 0.25) is 0 Å². The van der Waals surface area contributed by atoms with Crippen LogP contribution in [-0.2, 0) is 0 Å². The van der Waals surface area contributed by atoms with Crippen LogP contribution in [0.1, 0.15) is 25.7 Å². The van der Waals surface area contributed by atoms with Crippen LogP contribution in [0.25, 0.3) is 0 Å². The molecule has 0 unspecified atom stereocenters. The Morgan fingerprint density at radius 2 is 2.00 bits per heavy atom. The minimum absolute atomic E-state index is 0.983. The molecule has 0 aliphatic carbocycles. The fourth-order valence-corrected chi connectivity index (χ4v) is 1.86. The summed E-state index contributed by atoms with van der Waals surface area (Å²) in [5.74, 6) is 0. The lowest BCUT2D eigenvalue weighted by atomic mass is 10.1. The summed E-state index contributed by atoms with van der Waals surface area (Å²) in [7, 11) is 0. The van der Waals surface area contributed by atoms with Gasteiger partial charge >= 0.3 is 0 Å². The molecule has 66 valence electrons. The first-order valence-corrected chi connectivity index (χ1v) is 4.92. The van der Waals surface area contributed by atoms with Crippen LogP contribution in [0.4, 0.5) is 0 Å². The molecule has 0 radical (unpaired) electrons. The molecular formula is C10H16N2. The van der Waals surface area contributed by atoms with Crippen molar-refractivity contribution in [1.82, 2.24) is 4.90 Å². The van der Waals surface area contributed by atoms with E-state index in [1.54, 1.807) is 0 Å². The molecule has 0 aromatic heterocycles. The van der Waals surface area contributed by atoms with Crippen LogP contribution in [0.2, 0.25) is 0 Å². The average molecular weight is 164 g/mol. The lowest BCUT2D eigenvalue weighted by molar-refractivity contribution is 0.297. The highest BCUT2D eigenvalue weighted by atomic mass is 15.1. The molecule has 1 saturated heterocycles. The zero-order chi connectivity index (χ0) is 8.23. The lowest BCUT2D eigenvalue weighted by Crippen LogP contribution is -2.30. The second-order valence-electron chi connectivity index (χ2n) is 3.50. The maximum absolute atomic E-state index is 4.30. The Balaban J connectivity index is 1.97.